The molecule has 1 aromatic carbocycles. The maximum atomic E-state index is 11.0. The van der Waals surface area contributed by atoms with Gasteiger partial charge in [-0.15, -0.1) is 0 Å². The maximum absolute atomic E-state index is 11.0. The molecule has 0 saturated heterocycles. The fraction of sp³-hybridized carbons (Fsp3) is 0.214. The van der Waals surface area contributed by atoms with Crippen molar-refractivity contribution in [3.05, 3.63) is 47.3 Å². The summed E-state index contributed by atoms with van der Waals surface area (Å²) >= 11 is 0. The van der Waals surface area contributed by atoms with Crippen LogP contribution < -0.4 is 0 Å². The summed E-state index contributed by atoms with van der Waals surface area (Å²) in [4.78, 5) is 21.8. The molecule has 0 unspecified atom stereocenters. The zero-order chi connectivity index (χ0) is 14.9. The largest absolute Gasteiger partial charge is 0.478 e. The number of benzene rings is 1. The quantitative estimate of drug-likeness (QED) is 0.893. The number of carboxylic acids is 2. The zero-order valence-corrected chi connectivity index (χ0v) is 11.1. The Morgan fingerprint density at radius 3 is 2.15 bits per heavy atom. The van der Waals surface area contributed by atoms with Crippen molar-refractivity contribution in [3.8, 4) is 5.69 Å². The molecule has 0 saturated carbocycles. The molecule has 1 aromatic heterocycles. The molecule has 0 atom stereocenters. The van der Waals surface area contributed by atoms with Gasteiger partial charge in [-0.05, 0) is 36.2 Å². The number of carboxylic acid groups (broad SMARTS) is 2. The third-order valence-electron chi connectivity index (χ3n) is 2.91. The first-order chi connectivity index (χ1) is 9.40. The highest BCUT2D eigenvalue weighted by atomic mass is 16.4. The van der Waals surface area contributed by atoms with Gasteiger partial charge < -0.3 is 10.2 Å². The zero-order valence-electron chi connectivity index (χ0n) is 11.1. The fourth-order valence-electron chi connectivity index (χ4n) is 1.86. The molecule has 0 aliphatic heterocycles. The molecule has 104 valence electrons. The molecular weight excluding hydrogens is 260 g/mol. The molecule has 6 nitrogen and oxygen atoms in total. The average molecular weight is 274 g/mol. The number of nitrogens with zero attached hydrogens (tertiary/aromatic N) is 2. The Bertz CT molecular complexity index is 656. The number of hydrogen-bond acceptors (Lipinski definition) is 3. The molecule has 0 radical (unpaired) electrons. The van der Waals surface area contributed by atoms with Gasteiger partial charge in [-0.25, -0.2) is 14.3 Å². The number of aromatic carboxylic acids is 2. The summed E-state index contributed by atoms with van der Waals surface area (Å²) in [7, 11) is 0. The highest BCUT2D eigenvalue weighted by Gasteiger charge is 2.16. The van der Waals surface area contributed by atoms with Crippen molar-refractivity contribution in [2.24, 2.45) is 0 Å². The Balaban J connectivity index is 2.50. The van der Waals surface area contributed by atoms with Crippen LogP contribution in [-0.4, -0.2) is 31.9 Å². The third kappa shape index (κ3) is 2.54. The standard InChI is InChI=1S/C14H14N2O4/c1-8(2)12-7-11(14(19)20)15-16(12)10-5-3-9(4-6-10)13(17)18/h3-8H,1-2H3,(H,17,18)(H,19,20). The van der Waals surface area contributed by atoms with Gasteiger partial charge >= 0.3 is 11.9 Å². The average Bonchev–Trinajstić information content (AvgIpc) is 2.84. The Morgan fingerprint density at radius 1 is 1.10 bits per heavy atom. The van der Waals surface area contributed by atoms with Gasteiger partial charge in [-0.2, -0.15) is 5.10 Å². The topological polar surface area (TPSA) is 92.4 Å². The second-order valence-corrected chi connectivity index (χ2v) is 4.68. The molecule has 2 rings (SSSR count). The predicted molar refractivity (Wildman–Crippen MR) is 71.6 cm³/mol. The number of rotatable bonds is 4. The minimum Gasteiger partial charge on any atom is -0.478 e. The van der Waals surface area contributed by atoms with E-state index in [0.29, 0.717) is 5.69 Å². The summed E-state index contributed by atoms with van der Waals surface area (Å²) in [5.41, 5.74) is 1.53. The fourth-order valence-corrected chi connectivity index (χ4v) is 1.86. The molecule has 1 heterocycles. The van der Waals surface area contributed by atoms with Gasteiger partial charge in [-0.1, -0.05) is 13.8 Å². The van der Waals surface area contributed by atoms with Crippen LogP contribution in [0.15, 0.2) is 30.3 Å². The second kappa shape index (κ2) is 5.16. The summed E-state index contributed by atoms with van der Waals surface area (Å²) in [6, 6.07) is 7.66. The van der Waals surface area contributed by atoms with Crippen molar-refractivity contribution in [2.45, 2.75) is 19.8 Å². The smallest absolute Gasteiger partial charge is 0.356 e. The summed E-state index contributed by atoms with van der Waals surface area (Å²) in [6.45, 7) is 3.87. The van der Waals surface area contributed by atoms with Gasteiger partial charge in [0.15, 0.2) is 5.69 Å². The van der Waals surface area contributed by atoms with Gasteiger partial charge in [0, 0.05) is 5.69 Å². The van der Waals surface area contributed by atoms with E-state index in [0.717, 1.165) is 5.69 Å². The van der Waals surface area contributed by atoms with Crippen LogP contribution in [0, 0.1) is 0 Å². The molecular formula is C14H14N2O4. The van der Waals surface area contributed by atoms with E-state index in [1.807, 2.05) is 13.8 Å². The molecule has 0 amide bonds. The van der Waals surface area contributed by atoms with Crippen LogP contribution in [0.3, 0.4) is 0 Å². The van der Waals surface area contributed by atoms with Crippen molar-refractivity contribution in [3.63, 3.8) is 0 Å². The third-order valence-corrected chi connectivity index (χ3v) is 2.91. The molecule has 2 N–H and O–H groups in total. The summed E-state index contributed by atoms with van der Waals surface area (Å²) < 4.78 is 1.53. The lowest BCUT2D eigenvalue weighted by Gasteiger charge is -2.09. The van der Waals surface area contributed by atoms with Crippen LogP contribution in [0.2, 0.25) is 0 Å². The van der Waals surface area contributed by atoms with Gasteiger partial charge in [-0.3, -0.25) is 0 Å². The minimum absolute atomic E-state index is 0.0315. The maximum Gasteiger partial charge on any atom is 0.356 e. The van der Waals surface area contributed by atoms with Crippen molar-refractivity contribution in [1.82, 2.24) is 9.78 Å². The van der Waals surface area contributed by atoms with Crippen molar-refractivity contribution in [2.75, 3.05) is 0 Å². The monoisotopic (exact) mass is 274 g/mol. The van der Waals surface area contributed by atoms with E-state index in [-0.39, 0.29) is 17.2 Å². The first-order valence-corrected chi connectivity index (χ1v) is 6.07. The molecule has 2 aromatic rings. The van der Waals surface area contributed by atoms with Crippen LogP contribution in [0.1, 0.15) is 46.3 Å². The molecule has 6 heteroatoms. The van der Waals surface area contributed by atoms with Gasteiger partial charge in [0.1, 0.15) is 0 Å². The predicted octanol–water partition coefficient (Wildman–Crippen LogP) is 2.39. The van der Waals surface area contributed by atoms with Crippen LogP contribution in [0.5, 0.6) is 0 Å². The normalized spacial score (nSPS) is 10.8. The Labute approximate surface area is 115 Å². The molecule has 0 aliphatic carbocycles. The lowest BCUT2D eigenvalue weighted by atomic mass is 10.1. The van der Waals surface area contributed by atoms with Gasteiger partial charge in [0.2, 0.25) is 0 Å². The first-order valence-electron chi connectivity index (χ1n) is 6.07. The highest BCUT2D eigenvalue weighted by Crippen LogP contribution is 2.20. The Hall–Kier alpha value is -2.63. The summed E-state index contributed by atoms with van der Waals surface area (Å²) in [5, 5.41) is 21.9. The minimum atomic E-state index is -1.09. The van der Waals surface area contributed by atoms with Crippen LogP contribution in [0.25, 0.3) is 5.69 Å². The molecule has 0 fully saturated rings. The van der Waals surface area contributed by atoms with E-state index in [1.165, 1.54) is 22.9 Å². The molecule has 0 aliphatic rings. The Morgan fingerprint density at radius 2 is 1.70 bits per heavy atom. The first kappa shape index (κ1) is 13.8. The number of carbonyl (C=O) groups is 2. The molecule has 20 heavy (non-hydrogen) atoms. The van der Waals surface area contributed by atoms with E-state index < -0.39 is 11.9 Å². The van der Waals surface area contributed by atoms with E-state index in [1.54, 1.807) is 12.1 Å². The van der Waals surface area contributed by atoms with Crippen molar-refractivity contribution >= 4 is 11.9 Å². The van der Waals surface area contributed by atoms with E-state index in [4.69, 9.17) is 10.2 Å². The lowest BCUT2D eigenvalue weighted by Crippen LogP contribution is -2.05. The number of aromatic nitrogens is 2. The van der Waals surface area contributed by atoms with E-state index in [2.05, 4.69) is 5.10 Å². The van der Waals surface area contributed by atoms with E-state index in [9.17, 15) is 9.59 Å². The summed E-state index contributed by atoms with van der Waals surface area (Å²) in [5.74, 6) is -2.00. The molecule has 0 spiro atoms. The van der Waals surface area contributed by atoms with Crippen molar-refractivity contribution < 1.29 is 19.8 Å². The van der Waals surface area contributed by atoms with Gasteiger partial charge in [0.25, 0.3) is 0 Å². The van der Waals surface area contributed by atoms with Gasteiger partial charge in [0.05, 0.1) is 11.3 Å². The van der Waals surface area contributed by atoms with Crippen LogP contribution >= 0.6 is 0 Å². The van der Waals surface area contributed by atoms with Crippen LogP contribution in [0.4, 0.5) is 0 Å². The Kier molecular flexibility index (Phi) is 3.56. The summed E-state index contributed by atoms with van der Waals surface area (Å²) in [6.07, 6.45) is 0. The second-order valence-electron chi connectivity index (χ2n) is 4.68. The SMILES string of the molecule is CC(C)c1cc(C(=O)O)nn1-c1ccc(C(=O)O)cc1. The van der Waals surface area contributed by atoms with Crippen LogP contribution in [-0.2, 0) is 0 Å². The molecule has 0 bridgehead atoms. The van der Waals surface area contributed by atoms with Crippen molar-refractivity contribution in [1.29, 1.82) is 0 Å². The lowest BCUT2D eigenvalue weighted by molar-refractivity contribution is 0.0682. The van der Waals surface area contributed by atoms with E-state index >= 15 is 0 Å². The highest BCUT2D eigenvalue weighted by molar-refractivity contribution is 5.88. The number of hydrogen-bond donors (Lipinski definition) is 2.